The van der Waals surface area contributed by atoms with Crippen molar-refractivity contribution in [1.82, 2.24) is 5.43 Å². The van der Waals surface area contributed by atoms with Gasteiger partial charge in [-0.25, -0.2) is 5.43 Å². The predicted molar refractivity (Wildman–Crippen MR) is 87.6 cm³/mol. The number of methoxy groups -OCH3 is 2. The molecule has 0 saturated carbocycles. The molecule has 0 spiro atoms. The summed E-state index contributed by atoms with van der Waals surface area (Å²) < 4.78 is 11.6. The van der Waals surface area contributed by atoms with Crippen LogP contribution in [0.5, 0.6) is 11.5 Å². The summed E-state index contributed by atoms with van der Waals surface area (Å²) in [6.45, 7) is 2.05. The Hall–Kier alpha value is -1.56. The summed E-state index contributed by atoms with van der Waals surface area (Å²) in [5.74, 6) is 7.14. The fraction of sp³-hybridized carbons (Fsp3) is 0.250. The Kier molecular flexibility index (Phi) is 5.22. The van der Waals surface area contributed by atoms with E-state index < -0.39 is 0 Å². The summed E-state index contributed by atoms with van der Waals surface area (Å²) in [6.07, 6.45) is 0. The van der Waals surface area contributed by atoms with E-state index in [1.807, 2.05) is 18.2 Å². The molecular formula is C16H19BrN2O2. The van der Waals surface area contributed by atoms with E-state index in [4.69, 9.17) is 15.3 Å². The first-order chi connectivity index (χ1) is 10.1. The Labute approximate surface area is 133 Å². The highest BCUT2D eigenvalue weighted by Gasteiger charge is 2.17. The molecule has 0 fully saturated rings. The van der Waals surface area contributed by atoms with E-state index in [0.29, 0.717) is 11.5 Å². The normalized spacial score (nSPS) is 12.0. The minimum atomic E-state index is -0.139. The largest absolute Gasteiger partial charge is 0.493 e. The number of aryl methyl sites for hydroxylation is 1. The number of ether oxygens (including phenoxy) is 2. The molecule has 1 atom stereocenters. The van der Waals surface area contributed by atoms with Crippen molar-refractivity contribution in [3.63, 3.8) is 0 Å². The van der Waals surface area contributed by atoms with E-state index in [2.05, 4.69) is 46.5 Å². The van der Waals surface area contributed by atoms with E-state index in [0.717, 1.165) is 15.6 Å². The molecule has 2 aromatic carbocycles. The van der Waals surface area contributed by atoms with Crippen LogP contribution in [0, 0.1) is 6.92 Å². The molecular weight excluding hydrogens is 332 g/mol. The van der Waals surface area contributed by atoms with Crippen molar-refractivity contribution in [1.29, 1.82) is 0 Å². The molecule has 5 heteroatoms. The van der Waals surface area contributed by atoms with Crippen molar-refractivity contribution >= 4 is 15.9 Å². The minimum Gasteiger partial charge on any atom is -0.493 e. The lowest BCUT2D eigenvalue weighted by molar-refractivity contribution is 0.354. The molecule has 0 aliphatic carbocycles. The molecule has 1 unspecified atom stereocenters. The van der Waals surface area contributed by atoms with Crippen molar-refractivity contribution in [2.24, 2.45) is 5.84 Å². The Balaban J connectivity index is 2.46. The van der Waals surface area contributed by atoms with Crippen LogP contribution in [0.1, 0.15) is 22.7 Å². The molecule has 4 nitrogen and oxygen atoms in total. The van der Waals surface area contributed by atoms with Gasteiger partial charge in [0.2, 0.25) is 0 Å². The second-order valence-electron chi connectivity index (χ2n) is 4.74. The van der Waals surface area contributed by atoms with Gasteiger partial charge in [-0.3, -0.25) is 5.84 Å². The lowest BCUT2D eigenvalue weighted by atomic mass is 9.98. The number of rotatable bonds is 5. The number of halogens is 1. The summed E-state index contributed by atoms with van der Waals surface area (Å²) in [5, 5.41) is 0. The Morgan fingerprint density at radius 1 is 1.05 bits per heavy atom. The van der Waals surface area contributed by atoms with Crippen LogP contribution in [-0.4, -0.2) is 14.2 Å². The average Bonchev–Trinajstić information content (AvgIpc) is 2.49. The molecule has 0 bridgehead atoms. The summed E-state index contributed by atoms with van der Waals surface area (Å²) >= 11 is 3.60. The van der Waals surface area contributed by atoms with Gasteiger partial charge in [-0.15, -0.1) is 0 Å². The van der Waals surface area contributed by atoms with Crippen LogP contribution in [0.25, 0.3) is 0 Å². The van der Waals surface area contributed by atoms with Gasteiger partial charge >= 0.3 is 0 Å². The van der Waals surface area contributed by atoms with Crippen LogP contribution in [0.3, 0.4) is 0 Å². The van der Waals surface area contributed by atoms with E-state index >= 15 is 0 Å². The summed E-state index contributed by atoms with van der Waals surface area (Å²) in [7, 11) is 3.24. The highest BCUT2D eigenvalue weighted by atomic mass is 79.9. The third-order valence-electron chi connectivity index (χ3n) is 3.37. The number of hydrazine groups is 1. The zero-order valence-electron chi connectivity index (χ0n) is 12.3. The third kappa shape index (κ3) is 3.37. The third-order valence-corrected chi connectivity index (χ3v) is 4.06. The molecule has 0 aliphatic heterocycles. The molecule has 2 aromatic rings. The molecule has 0 saturated heterocycles. The molecule has 21 heavy (non-hydrogen) atoms. The van der Waals surface area contributed by atoms with Gasteiger partial charge in [0.25, 0.3) is 0 Å². The van der Waals surface area contributed by atoms with E-state index in [1.54, 1.807) is 14.2 Å². The average molecular weight is 351 g/mol. The van der Waals surface area contributed by atoms with Gasteiger partial charge < -0.3 is 9.47 Å². The number of hydrogen-bond acceptors (Lipinski definition) is 4. The maximum Gasteiger partial charge on any atom is 0.161 e. The monoisotopic (exact) mass is 350 g/mol. The first-order valence-corrected chi connectivity index (χ1v) is 7.34. The first kappa shape index (κ1) is 15.8. The van der Waals surface area contributed by atoms with Gasteiger partial charge in [0, 0.05) is 4.47 Å². The fourth-order valence-corrected chi connectivity index (χ4v) is 2.99. The summed E-state index contributed by atoms with van der Waals surface area (Å²) in [4.78, 5) is 0. The van der Waals surface area contributed by atoms with Gasteiger partial charge in [-0.1, -0.05) is 34.1 Å². The SMILES string of the molecule is COc1ccc(C(NN)c2ccc(C)cc2Br)cc1OC. The lowest BCUT2D eigenvalue weighted by Crippen LogP contribution is -2.29. The van der Waals surface area contributed by atoms with Gasteiger partial charge in [0.1, 0.15) is 0 Å². The number of nitrogens with two attached hydrogens (primary N) is 1. The van der Waals surface area contributed by atoms with Gasteiger partial charge in [-0.2, -0.15) is 0 Å². The molecule has 2 rings (SSSR count). The van der Waals surface area contributed by atoms with Crippen LogP contribution in [0.4, 0.5) is 0 Å². The van der Waals surface area contributed by atoms with Crippen molar-refractivity contribution < 1.29 is 9.47 Å². The minimum absolute atomic E-state index is 0.139. The molecule has 0 aliphatic rings. The maximum atomic E-state index is 5.76. The smallest absolute Gasteiger partial charge is 0.161 e. The Bertz CT molecular complexity index is 632. The zero-order chi connectivity index (χ0) is 15.4. The van der Waals surface area contributed by atoms with Crippen LogP contribution in [0.15, 0.2) is 40.9 Å². The second kappa shape index (κ2) is 6.93. The van der Waals surface area contributed by atoms with Crippen LogP contribution in [0.2, 0.25) is 0 Å². The van der Waals surface area contributed by atoms with Crippen molar-refractivity contribution in [2.45, 2.75) is 13.0 Å². The van der Waals surface area contributed by atoms with E-state index in [-0.39, 0.29) is 6.04 Å². The zero-order valence-corrected chi connectivity index (χ0v) is 13.9. The standard InChI is InChI=1S/C16H19BrN2O2/c1-10-4-6-12(13(17)8-10)16(19-18)11-5-7-14(20-2)15(9-11)21-3/h4-9,16,19H,18H2,1-3H3. The fourth-order valence-electron chi connectivity index (χ4n) is 2.26. The topological polar surface area (TPSA) is 56.5 Å². The molecule has 0 heterocycles. The molecule has 112 valence electrons. The van der Waals surface area contributed by atoms with Crippen LogP contribution in [-0.2, 0) is 0 Å². The number of benzene rings is 2. The van der Waals surface area contributed by atoms with E-state index in [9.17, 15) is 0 Å². The van der Waals surface area contributed by atoms with Crippen molar-refractivity contribution in [3.8, 4) is 11.5 Å². The highest BCUT2D eigenvalue weighted by Crippen LogP contribution is 2.34. The maximum absolute atomic E-state index is 5.76. The van der Waals surface area contributed by atoms with Crippen molar-refractivity contribution in [2.75, 3.05) is 14.2 Å². The molecule has 3 N–H and O–H groups in total. The van der Waals surface area contributed by atoms with E-state index in [1.165, 1.54) is 5.56 Å². The quantitative estimate of drug-likeness (QED) is 0.641. The second-order valence-corrected chi connectivity index (χ2v) is 5.59. The molecule has 0 radical (unpaired) electrons. The Morgan fingerprint density at radius 3 is 2.33 bits per heavy atom. The molecule has 0 aromatic heterocycles. The van der Waals surface area contributed by atoms with Gasteiger partial charge in [0.05, 0.1) is 20.3 Å². The van der Waals surface area contributed by atoms with Crippen LogP contribution >= 0.6 is 15.9 Å². The highest BCUT2D eigenvalue weighted by molar-refractivity contribution is 9.10. The number of hydrogen-bond donors (Lipinski definition) is 2. The van der Waals surface area contributed by atoms with Gasteiger partial charge in [-0.05, 0) is 41.8 Å². The van der Waals surface area contributed by atoms with Crippen molar-refractivity contribution in [3.05, 3.63) is 57.6 Å². The number of nitrogens with one attached hydrogen (secondary N) is 1. The van der Waals surface area contributed by atoms with Gasteiger partial charge in [0.15, 0.2) is 11.5 Å². The summed E-state index contributed by atoms with van der Waals surface area (Å²) in [6, 6.07) is 11.8. The summed E-state index contributed by atoms with van der Waals surface area (Å²) in [5.41, 5.74) is 6.11. The first-order valence-electron chi connectivity index (χ1n) is 6.54. The van der Waals surface area contributed by atoms with Crippen LogP contribution < -0.4 is 20.7 Å². The molecule has 0 amide bonds. The Morgan fingerprint density at radius 2 is 1.76 bits per heavy atom. The lowest BCUT2D eigenvalue weighted by Gasteiger charge is -2.20. The predicted octanol–water partition coefficient (Wildman–Crippen LogP) is 3.33.